The van der Waals surface area contributed by atoms with Crippen molar-refractivity contribution in [2.75, 3.05) is 0 Å². The van der Waals surface area contributed by atoms with Gasteiger partial charge in [-0.2, -0.15) is 0 Å². The summed E-state index contributed by atoms with van der Waals surface area (Å²) in [5, 5.41) is 0. The first-order chi connectivity index (χ1) is 5.83. The number of nitrogens with one attached hydrogen (secondary N) is 1. The SMILES string of the molecule is CCc1c[nH]ccccc(C)n1. The van der Waals surface area contributed by atoms with E-state index >= 15 is 0 Å². The van der Waals surface area contributed by atoms with Gasteiger partial charge in [0.1, 0.15) is 0 Å². The molecule has 12 heavy (non-hydrogen) atoms. The Labute approximate surface area is 73.0 Å². The molecule has 1 aromatic rings. The van der Waals surface area contributed by atoms with Crippen LogP contribution in [0.25, 0.3) is 0 Å². The number of rotatable bonds is 1. The van der Waals surface area contributed by atoms with E-state index in [9.17, 15) is 0 Å². The molecule has 0 saturated carbocycles. The average Bonchev–Trinajstić information content (AvgIpc) is 2.16. The van der Waals surface area contributed by atoms with Crippen molar-refractivity contribution in [3.05, 3.63) is 42.0 Å². The summed E-state index contributed by atoms with van der Waals surface area (Å²) >= 11 is 0. The van der Waals surface area contributed by atoms with Crippen LogP contribution >= 0.6 is 0 Å². The minimum Gasteiger partial charge on any atom is -0.366 e. The highest BCUT2D eigenvalue weighted by Gasteiger charge is 1.84. The molecule has 0 radical (unpaired) electrons. The highest BCUT2D eigenvalue weighted by molar-refractivity contribution is 5.02. The summed E-state index contributed by atoms with van der Waals surface area (Å²) in [6.45, 7) is 4.09. The van der Waals surface area contributed by atoms with Gasteiger partial charge in [0.05, 0.1) is 5.69 Å². The maximum Gasteiger partial charge on any atom is 0.0563 e. The predicted molar refractivity (Wildman–Crippen MR) is 50.3 cm³/mol. The molecule has 0 atom stereocenters. The monoisotopic (exact) mass is 162 g/mol. The zero-order valence-corrected chi connectivity index (χ0v) is 7.54. The van der Waals surface area contributed by atoms with Crippen molar-refractivity contribution in [3.8, 4) is 0 Å². The number of hydrogen-bond donors (Lipinski definition) is 1. The van der Waals surface area contributed by atoms with Crippen LogP contribution < -0.4 is 0 Å². The largest absolute Gasteiger partial charge is 0.366 e. The Kier molecular flexibility index (Phi) is 3.33. The van der Waals surface area contributed by atoms with E-state index in [4.69, 9.17) is 0 Å². The van der Waals surface area contributed by atoms with Crippen LogP contribution in [0, 0.1) is 6.92 Å². The molecule has 0 spiro atoms. The maximum absolute atomic E-state index is 4.40. The van der Waals surface area contributed by atoms with Crippen molar-refractivity contribution in [1.29, 1.82) is 0 Å². The summed E-state index contributed by atoms with van der Waals surface area (Å²) in [6.07, 6.45) is 4.76. The maximum atomic E-state index is 4.40. The molecular weight excluding hydrogens is 148 g/mol. The van der Waals surface area contributed by atoms with Crippen LogP contribution in [-0.4, -0.2) is 9.97 Å². The van der Waals surface area contributed by atoms with Crippen LogP contribution in [0.2, 0.25) is 0 Å². The van der Waals surface area contributed by atoms with Gasteiger partial charge in [0.15, 0.2) is 0 Å². The molecule has 0 aliphatic rings. The molecule has 64 valence electrons. The topological polar surface area (TPSA) is 28.7 Å². The standard InChI is InChI=1S/C10H14N2/c1-3-10-8-11-7-5-4-6-9(2)12-10/h4-8,11H,3H2,1-2H3. The fraction of sp³-hybridized carbons (Fsp3) is 0.300. The number of aryl methyl sites for hydroxylation is 2. The average molecular weight is 162 g/mol. The van der Waals surface area contributed by atoms with Gasteiger partial charge in [-0.15, -0.1) is 0 Å². The first-order valence-corrected chi connectivity index (χ1v) is 4.16. The quantitative estimate of drug-likeness (QED) is 0.675. The molecule has 0 bridgehead atoms. The Bertz CT molecular complexity index is 288. The number of nitrogens with zero attached hydrogens (tertiary/aromatic N) is 1. The smallest absolute Gasteiger partial charge is 0.0563 e. The summed E-state index contributed by atoms with van der Waals surface area (Å²) in [6, 6.07) is 5.92. The van der Waals surface area contributed by atoms with Crippen molar-refractivity contribution in [1.82, 2.24) is 9.97 Å². The first kappa shape index (κ1) is 8.78. The van der Waals surface area contributed by atoms with E-state index in [-0.39, 0.29) is 0 Å². The molecule has 1 heterocycles. The van der Waals surface area contributed by atoms with Gasteiger partial charge >= 0.3 is 0 Å². The summed E-state index contributed by atoms with van der Waals surface area (Å²) in [4.78, 5) is 7.45. The normalized spacial score (nSPS) is 9.17. The second-order valence-electron chi connectivity index (χ2n) is 2.63. The summed E-state index contributed by atoms with van der Waals surface area (Å²) in [7, 11) is 0. The van der Waals surface area contributed by atoms with Gasteiger partial charge in [-0.3, -0.25) is 4.98 Å². The minimum absolute atomic E-state index is 0.950. The van der Waals surface area contributed by atoms with Crippen molar-refractivity contribution < 1.29 is 0 Å². The second-order valence-corrected chi connectivity index (χ2v) is 2.63. The van der Waals surface area contributed by atoms with E-state index in [0.717, 1.165) is 17.8 Å². The van der Waals surface area contributed by atoms with Gasteiger partial charge in [-0.25, -0.2) is 0 Å². The molecule has 1 rings (SSSR count). The Morgan fingerprint density at radius 3 is 3.00 bits per heavy atom. The predicted octanol–water partition coefficient (Wildman–Crippen LogP) is 2.40. The van der Waals surface area contributed by atoms with E-state index in [2.05, 4.69) is 16.9 Å². The Morgan fingerprint density at radius 2 is 2.25 bits per heavy atom. The lowest BCUT2D eigenvalue weighted by Crippen LogP contribution is -1.84. The second kappa shape index (κ2) is 4.54. The Balaban J connectivity index is 3.21. The third kappa shape index (κ3) is 2.74. The fourth-order valence-corrected chi connectivity index (χ4v) is 0.927. The lowest BCUT2D eigenvalue weighted by atomic mass is 10.3. The van der Waals surface area contributed by atoms with E-state index < -0.39 is 0 Å². The van der Waals surface area contributed by atoms with E-state index in [1.807, 2.05) is 37.5 Å². The van der Waals surface area contributed by atoms with Crippen molar-refractivity contribution in [2.45, 2.75) is 20.3 Å². The molecule has 0 aliphatic carbocycles. The third-order valence-corrected chi connectivity index (χ3v) is 1.57. The van der Waals surface area contributed by atoms with Gasteiger partial charge in [-0.1, -0.05) is 13.0 Å². The van der Waals surface area contributed by atoms with Crippen LogP contribution in [0.1, 0.15) is 18.3 Å². The molecule has 0 aliphatic heterocycles. The molecule has 0 saturated heterocycles. The van der Waals surface area contributed by atoms with E-state index in [0.29, 0.717) is 0 Å². The molecule has 0 aromatic carbocycles. The van der Waals surface area contributed by atoms with Gasteiger partial charge in [0.2, 0.25) is 0 Å². The Hall–Kier alpha value is -1.31. The van der Waals surface area contributed by atoms with Gasteiger partial charge < -0.3 is 4.98 Å². The fourth-order valence-electron chi connectivity index (χ4n) is 0.927. The van der Waals surface area contributed by atoms with Crippen LogP contribution in [0.4, 0.5) is 0 Å². The third-order valence-electron chi connectivity index (χ3n) is 1.57. The Morgan fingerprint density at radius 1 is 1.42 bits per heavy atom. The van der Waals surface area contributed by atoms with Crippen molar-refractivity contribution in [3.63, 3.8) is 0 Å². The van der Waals surface area contributed by atoms with E-state index in [1.54, 1.807) is 0 Å². The number of aromatic nitrogens is 2. The molecule has 2 heteroatoms. The van der Waals surface area contributed by atoms with E-state index in [1.165, 1.54) is 0 Å². The van der Waals surface area contributed by atoms with Crippen LogP contribution in [0.15, 0.2) is 30.6 Å². The van der Waals surface area contributed by atoms with Crippen LogP contribution in [0.5, 0.6) is 0 Å². The summed E-state index contributed by atoms with van der Waals surface area (Å²) < 4.78 is 0. The molecule has 0 amide bonds. The minimum atomic E-state index is 0.950. The van der Waals surface area contributed by atoms with Crippen LogP contribution in [-0.2, 0) is 6.42 Å². The van der Waals surface area contributed by atoms with Crippen molar-refractivity contribution in [2.24, 2.45) is 0 Å². The number of H-pyrrole nitrogens is 1. The molecular formula is C10H14N2. The lowest BCUT2D eigenvalue weighted by Gasteiger charge is -1.89. The zero-order chi connectivity index (χ0) is 8.81. The highest BCUT2D eigenvalue weighted by Crippen LogP contribution is 1.92. The van der Waals surface area contributed by atoms with Gasteiger partial charge in [0, 0.05) is 18.1 Å². The summed E-state index contributed by atoms with van der Waals surface area (Å²) in [5.74, 6) is 0. The molecule has 2 nitrogen and oxygen atoms in total. The molecule has 1 aromatic heterocycles. The molecule has 0 fully saturated rings. The molecule has 1 N–H and O–H groups in total. The zero-order valence-electron chi connectivity index (χ0n) is 7.54. The van der Waals surface area contributed by atoms with Gasteiger partial charge in [0.25, 0.3) is 0 Å². The summed E-state index contributed by atoms with van der Waals surface area (Å²) in [5.41, 5.74) is 2.11. The van der Waals surface area contributed by atoms with Crippen molar-refractivity contribution >= 4 is 0 Å². The molecule has 0 unspecified atom stereocenters. The first-order valence-electron chi connectivity index (χ1n) is 4.16. The van der Waals surface area contributed by atoms with Crippen LogP contribution in [0.3, 0.4) is 0 Å². The van der Waals surface area contributed by atoms with Gasteiger partial charge in [-0.05, 0) is 25.5 Å². The highest BCUT2D eigenvalue weighted by atomic mass is 14.7. The number of aromatic amines is 1. The number of hydrogen-bond acceptors (Lipinski definition) is 1. The lowest BCUT2D eigenvalue weighted by molar-refractivity contribution is 1.00.